The molecule has 2 aliphatic rings. The van der Waals surface area contributed by atoms with Crippen LogP contribution in [0, 0.1) is 0 Å². The van der Waals surface area contributed by atoms with Gasteiger partial charge in [-0.2, -0.15) is 0 Å². The van der Waals surface area contributed by atoms with Crippen molar-refractivity contribution in [2.24, 2.45) is 0 Å². The van der Waals surface area contributed by atoms with Gasteiger partial charge in [-0.3, -0.25) is 0 Å². The number of nitrogens with zero attached hydrogens (tertiary/aromatic N) is 2. The number of thiophene rings is 2. The molecule has 0 unspecified atom stereocenters. The molecule has 5 heteroatoms. The topological polar surface area (TPSA) is 38.9 Å². The minimum absolute atomic E-state index is 0.210. The van der Waals surface area contributed by atoms with E-state index in [4.69, 9.17) is 4.42 Å². The highest BCUT2D eigenvalue weighted by Gasteiger charge is 2.38. The Morgan fingerprint density at radius 1 is 0.361 bits per heavy atom. The fraction of sp³-hybridized carbons (Fsp3) is 0.107. The standard InChI is InChI=1S/C56H38N2OS2/c1-55(2)45-27-31(35-13-9-15-43-41-11-5-7-17-49(41)60-51(35)43)19-23-37(45)39-25-21-33(29-47(39)55)53-57-58-54(59-53)34-22-26-40-38-24-20-32(28-46(38)56(3,4)48(40)30-34)36-14-10-16-44-42-12-6-8-18-50(42)61-52(36)44/h5-30H,1-4H3. The number of benzene rings is 8. The molecule has 0 saturated heterocycles. The van der Waals surface area contributed by atoms with Crippen molar-refractivity contribution in [1.29, 1.82) is 0 Å². The van der Waals surface area contributed by atoms with Crippen LogP contribution < -0.4 is 0 Å². The van der Waals surface area contributed by atoms with E-state index in [0.717, 1.165) is 11.1 Å². The number of aromatic nitrogens is 2. The summed E-state index contributed by atoms with van der Waals surface area (Å²) in [6.45, 7) is 9.34. The molecular weight excluding hydrogens is 781 g/mol. The lowest BCUT2D eigenvalue weighted by Crippen LogP contribution is -2.15. The van der Waals surface area contributed by atoms with Gasteiger partial charge in [-0.1, -0.05) is 137 Å². The van der Waals surface area contributed by atoms with Crippen LogP contribution in [0.4, 0.5) is 0 Å². The highest BCUT2D eigenvalue weighted by molar-refractivity contribution is 7.26. The Morgan fingerprint density at radius 2 is 0.721 bits per heavy atom. The van der Waals surface area contributed by atoms with Crippen molar-refractivity contribution in [2.75, 3.05) is 0 Å². The van der Waals surface area contributed by atoms with Gasteiger partial charge in [-0.15, -0.1) is 32.9 Å². The molecule has 11 aromatic rings. The summed E-state index contributed by atoms with van der Waals surface area (Å²) in [5.41, 5.74) is 16.9. The van der Waals surface area contributed by atoms with Gasteiger partial charge in [0.15, 0.2) is 0 Å². The molecule has 0 fully saturated rings. The normalized spacial score (nSPS) is 14.5. The van der Waals surface area contributed by atoms with E-state index in [1.807, 2.05) is 22.7 Å². The molecule has 0 atom stereocenters. The van der Waals surface area contributed by atoms with Crippen molar-refractivity contribution in [3.8, 4) is 67.4 Å². The van der Waals surface area contributed by atoms with Gasteiger partial charge in [0.25, 0.3) is 0 Å². The molecule has 0 saturated carbocycles. The number of rotatable bonds is 4. The van der Waals surface area contributed by atoms with Crippen molar-refractivity contribution in [3.63, 3.8) is 0 Å². The summed E-state index contributed by atoms with van der Waals surface area (Å²) in [6.07, 6.45) is 0. The highest BCUT2D eigenvalue weighted by Crippen LogP contribution is 2.53. The third kappa shape index (κ3) is 4.96. The molecule has 0 amide bonds. The predicted octanol–water partition coefficient (Wildman–Crippen LogP) is 16.1. The lowest BCUT2D eigenvalue weighted by atomic mass is 9.81. The summed E-state index contributed by atoms with van der Waals surface area (Å²) in [5.74, 6) is 1.06. The molecule has 0 bridgehead atoms. The van der Waals surface area contributed by atoms with Crippen molar-refractivity contribution in [1.82, 2.24) is 10.2 Å². The zero-order valence-electron chi connectivity index (χ0n) is 34.1. The molecule has 61 heavy (non-hydrogen) atoms. The third-order valence-electron chi connectivity index (χ3n) is 13.7. The Balaban J connectivity index is 0.816. The molecule has 2 aliphatic carbocycles. The van der Waals surface area contributed by atoms with E-state index in [2.05, 4.69) is 196 Å². The average molecular weight is 819 g/mol. The molecule has 3 nitrogen and oxygen atoms in total. The Hall–Kier alpha value is -6.66. The number of hydrogen-bond donors (Lipinski definition) is 0. The van der Waals surface area contributed by atoms with Gasteiger partial charge >= 0.3 is 0 Å². The summed E-state index contributed by atoms with van der Waals surface area (Å²) >= 11 is 3.77. The summed E-state index contributed by atoms with van der Waals surface area (Å²) in [5, 5.41) is 14.6. The largest absolute Gasteiger partial charge is 0.416 e. The second-order valence-electron chi connectivity index (χ2n) is 17.8. The van der Waals surface area contributed by atoms with Crippen LogP contribution in [0.2, 0.25) is 0 Å². The molecule has 8 aromatic carbocycles. The van der Waals surface area contributed by atoms with E-state index in [0.29, 0.717) is 11.8 Å². The molecule has 0 spiro atoms. The molecule has 0 radical (unpaired) electrons. The molecule has 3 heterocycles. The van der Waals surface area contributed by atoms with Crippen LogP contribution in [-0.2, 0) is 10.8 Å². The van der Waals surface area contributed by atoms with Gasteiger partial charge in [0, 0.05) is 62.3 Å². The van der Waals surface area contributed by atoms with Gasteiger partial charge < -0.3 is 4.42 Å². The predicted molar refractivity (Wildman–Crippen MR) is 257 cm³/mol. The lowest BCUT2D eigenvalue weighted by molar-refractivity contribution is 0.583. The van der Waals surface area contributed by atoms with Crippen molar-refractivity contribution >= 4 is 63.0 Å². The quantitative estimate of drug-likeness (QED) is 0.178. The zero-order valence-corrected chi connectivity index (χ0v) is 35.8. The maximum Gasteiger partial charge on any atom is 0.248 e. The summed E-state index contributed by atoms with van der Waals surface area (Å²) < 4.78 is 11.9. The monoisotopic (exact) mass is 818 g/mol. The van der Waals surface area contributed by atoms with Crippen LogP contribution in [-0.4, -0.2) is 10.2 Å². The van der Waals surface area contributed by atoms with Gasteiger partial charge in [-0.05, 0) is 115 Å². The van der Waals surface area contributed by atoms with Crippen LogP contribution in [0.15, 0.2) is 162 Å². The van der Waals surface area contributed by atoms with Crippen molar-refractivity contribution < 1.29 is 4.42 Å². The average Bonchev–Trinajstić information content (AvgIpc) is 4.10. The summed E-state index contributed by atoms with van der Waals surface area (Å²) in [6, 6.07) is 58.2. The van der Waals surface area contributed by atoms with E-state index in [9.17, 15) is 0 Å². The van der Waals surface area contributed by atoms with Crippen molar-refractivity contribution in [2.45, 2.75) is 38.5 Å². The van der Waals surface area contributed by atoms with Crippen LogP contribution in [0.25, 0.3) is 108 Å². The fourth-order valence-corrected chi connectivity index (χ4v) is 13.0. The minimum atomic E-state index is -0.210. The first-order chi connectivity index (χ1) is 29.7. The lowest BCUT2D eigenvalue weighted by Gasteiger charge is -2.22. The SMILES string of the molecule is CC1(C)c2cc(-c3nnc(-c4ccc5c(c4)C(C)(C)c4cc(-c6cccc7c6sc6ccccc67)ccc4-5)o3)ccc2-c2ccc(-c3cccc4c3sc3ccccc34)cc21. The molecule has 290 valence electrons. The summed E-state index contributed by atoms with van der Waals surface area (Å²) in [4.78, 5) is 0. The Kier molecular flexibility index (Phi) is 7.17. The van der Waals surface area contributed by atoms with Gasteiger partial charge in [-0.25, -0.2) is 0 Å². The van der Waals surface area contributed by atoms with Gasteiger partial charge in [0.1, 0.15) is 0 Å². The Morgan fingerprint density at radius 3 is 1.15 bits per heavy atom. The molecule has 0 aliphatic heterocycles. The van der Waals surface area contributed by atoms with E-state index >= 15 is 0 Å². The Labute approximate surface area is 361 Å². The fourth-order valence-electron chi connectivity index (χ4n) is 10.5. The van der Waals surface area contributed by atoms with Gasteiger partial charge in [0.05, 0.1) is 0 Å². The maximum atomic E-state index is 6.53. The molecular formula is C56H38N2OS2. The van der Waals surface area contributed by atoms with E-state index in [1.54, 1.807) is 0 Å². The van der Waals surface area contributed by atoms with Crippen LogP contribution in [0.1, 0.15) is 49.9 Å². The van der Waals surface area contributed by atoms with E-state index in [1.165, 1.54) is 107 Å². The molecule has 0 N–H and O–H groups in total. The summed E-state index contributed by atoms with van der Waals surface area (Å²) in [7, 11) is 0. The maximum absolute atomic E-state index is 6.53. The van der Waals surface area contributed by atoms with Crippen LogP contribution in [0.5, 0.6) is 0 Å². The zero-order chi connectivity index (χ0) is 40.8. The number of hydrogen-bond acceptors (Lipinski definition) is 5. The van der Waals surface area contributed by atoms with Crippen LogP contribution in [0.3, 0.4) is 0 Å². The second-order valence-corrected chi connectivity index (χ2v) is 19.9. The minimum Gasteiger partial charge on any atom is -0.416 e. The van der Waals surface area contributed by atoms with E-state index in [-0.39, 0.29) is 10.8 Å². The Bertz CT molecular complexity index is 3430. The van der Waals surface area contributed by atoms with E-state index < -0.39 is 0 Å². The highest BCUT2D eigenvalue weighted by atomic mass is 32.1. The first kappa shape index (κ1) is 35.1. The second kappa shape index (κ2) is 12.4. The first-order valence-electron chi connectivity index (χ1n) is 21.0. The first-order valence-corrected chi connectivity index (χ1v) is 22.6. The van der Waals surface area contributed by atoms with Gasteiger partial charge in [0.2, 0.25) is 11.8 Å². The number of fused-ring (bicyclic) bond motifs is 12. The van der Waals surface area contributed by atoms with Crippen LogP contribution >= 0.6 is 22.7 Å². The third-order valence-corrected chi connectivity index (χ3v) is 16.1. The van der Waals surface area contributed by atoms with Crippen molar-refractivity contribution in [3.05, 3.63) is 180 Å². The molecule has 13 rings (SSSR count). The molecule has 3 aromatic heterocycles. The smallest absolute Gasteiger partial charge is 0.248 e.